The van der Waals surface area contributed by atoms with Crippen LogP contribution in [0.4, 0.5) is 0 Å². The molecule has 0 spiro atoms. The average molecular weight is 767 g/mol. The first-order chi connectivity index (χ1) is 24.9. The Morgan fingerprint density at radius 2 is 1.28 bits per heavy atom. The van der Waals surface area contributed by atoms with E-state index in [4.69, 9.17) is 17.2 Å². The van der Waals surface area contributed by atoms with Crippen molar-refractivity contribution in [2.75, 3.05) is 18.8 Å². The van der Waals surface area contributed by atoms with Gasteiger partial charge in [-0.15, -0.1) is 0 Å². The molecule has 0 unspecified atom stereocenters. The number of carboxylic acid groups (broad SMARTS) is 2. The molecule has 1 rings (SSSR count). The number of carbonyl (C=O) groups is 8. The minimum absolute atomic E-state index is 0.0736. The summed E-state index contributed by atoms with van der Waals surface area (Å²) in [5.41, 5.74) is 16.6. The van der Waals surface area contributed by atoms with Crippen LogP contribution in [-0.4, -0.2) is 119 Å². The zero-order chi connectivity index (χ0) is 40.2. The fourth-order valence-electron chi connectivity index (χ4n) is 4.65. The van der Waals surface area contributed by atoms with Gasteiger partial charge < -0.3 is 59.3 Å². The summed E-state index contributed by atoms with van der Waals surface area (Å²) in [5.74, 6) is -9.01. The number of carboxylic acids is 2. The summed E-state index contributed by atoms with van der Waals surface area (Å²) in [7, 11) is 0. The quantitative estimate of drug-likeness (QED) is 0.0221. The van der Waals surface area contributed by atoms with Crippen LogP contribution in [-0.2, 0) is 44.8 Å². The number of guanidine groups is 1. The lowest BCUT2D eigenvalue weighted by molar-refractivity contribution is -0.144. The van der Waals surface area contributed by atoms with E-state index in [1.54, 1.807) is 30.3 Å². The molecule has 14 N–H and O–H groups in total. The van der Waals surface area contributed by atoms with Crippen molar-refractivity contribution in [3.8, 4) is 0 Å². The lowest BCUT2D eigenvalue weighted by Gasteiger charge is -2.26. The molecule has 20 nitrogen and oxygen atoms in total. The molecule has 6 amide bonds. The van der Waals surface area contributed by atoms with Gasteiger partial charge >= 0.3 is 11.9 Å². The highest BCUT2D eigenvalue weighted by Gasteiger charge is 2.33. The van der Waals surface area contributed by atoms with Crippen molar-refractivity contribution < 1.29 is 48.6 Å². The number of thiol groups is 1. The minimum Gasteiger partial charge on any atom is -0.481 e. The monoisotopic (exact) mass is 766 g/mol. The summed E-state index contributed by atoms with van der Waals surface area (Å²) in [6, 6.07) is 0.301. The lowest BCUT2D eigenvalue weighted by Crippen LogP contribution is -2.60. The second-order valence-electron chi connectivity index (χ2n) is 12.2. The highest BCUT2D eigenvalue weighted by Crippen LogP contribution is 2.07. The number of hydrogen-bond acceptors (Lipinski definition) is 11. The molecule has 53 heavy (non-hydrogen) atoms. The highest BCUT2D eigenvalue weighted by atomic mass is 32.1. The molecule has 21 heteroatoms. The van der Waals surface area contributed by atoms with Gasteiger partial charge in [0.25, 0.3) is 0 Å². The number of carbonyl (C=O) groups excluding carboxylic acids is 6. The predicted octanol–water partition coefficient (Wildman–Crippen LogP) is -3.68. The van der Waals surface area contributed by atoms with Crippen LogP contribution in [0, 0.1) is 5.92 Å². The molecule has 1 aromatic rings. The maximum atomic E-state index is 13.6. The van der Waals surface area contributed by atoms with Gasteiger partial charge in [0.15, 0.2) is 5.96 Å². The Labute approximate surface area is 311 Å². The molecule has 0 saturated heterocycles. The van der Waals surface area contributed by atoms with Gasteiger partial charge in [-0.3, -0.25) is 38.6 Å². The number of benzene rings is 1. The first kappa shape index (κ1) is 45.6. The first-order valence-corrected chi connectivity index (χ1v) is 17.2. The third-order valence-electron chi connectivity index (χ3n) is 7.51. The van der Waals surface area contributed by atoms with Crippen molar-refractivity contribution >= 4 is 66.0 Å². The number of nitrogens with zero attached hydrogens (tertiary/aromatic N) is 1. The van der Waals surface area contributed by atoms with Crippen LogP contribution in [0.5, 0.6) is 0 Å². The van der Waals surface area contributed by atoms with Crippen LogP contribution < -0.4 is 49.1 Å². The molecule has 0 heterocycles. The summed E-state index contributed by atoms with van der Waals surface area (Å²) >= 11 is 4.12. The van der Waals surface area contributed by atoms with E-state index >= 15 is 0 Å². The highest BCUT2D eigenvalue weighted by molar-refractivity contribution is 7.80. The zero-order valence-corrected chi connectivity index (χ0v) is 30.6. The molecular weight excluding hydrogens is 716 g/mol. The number of hydrogen-bond donors (Lipinski definition) is 12. The molecule has 0 aliphatic carbocycles. The zero-order valence-electron chi connectivity index (χ0n) is 29.7. The summed E-state index contributed by atoms with van der Waals surface area (Å²) < 4.78 is 0. The second-order valence-corrected chi connectivity index (χ2v) is 12.6. The Hall–Kier alpha value is -5.44. The SMILES string of the molecule is CC(C)[C@H](NC(=O)[C@H](CC(=O)O)NC(=O)[C@H](CS)NC(=O)[C@H](Cc1ccccc1)NC(=O)[C@H](C)NC(=O)[C@H](CCCN=C(N)N)NC(=O)CN)C(=O)O. The Kier molecular flexibility index (Phi) is 19.9. The van der Waals surface area contributed by atoms with Crippen LogP contribution in [0.3, 0.4) is 0 Å². The molecule has 1 aromatic carbocycles. The van der Waals surface area contributed by atoms with E-state index in [-0.39, 0.29) is 31.1 Å². The van der Waals surface area contributed by atoms with E-state index in [9.17, 15) is 48.6 Å². The Bertz CT molecular complexity index is 1480. The third-order valence-corrected chi connectivity index (χ3v) is 7.87. The van der Waals surface area contributed by atoms with Crippen molar-refractivity contribution in [2.45, 2.75) is 82.7 Å². The average Bonchev–Trinajstić information content (AvgIpc) is 3.09. The van der Waals surface area contributed by atoms with Gasteiger partial charge in [0.2, 0.25) is 35.4 Å². The maximum Gasteiger partial charge on any atom is 0.326 e. The van der Waals surface area contributed by atoms with Gasteiger partial charge in [0.1, 0.15) is 36.3 Å². The van der Waals surface area contributed by atoms with Crippen molar-refractivity contribution in [1.82, 2.24) is 31.9 Å². The van der Waals surface area contributed by atoms with Gasteiger partial charge in [0.05, 0.1) is 13.0 Å². The van der Waals surface area contributed by atoms with Crippen molar-refractivity contribution in [3.63, 3.8) is 0 Å². The van der Waals surface area contributed by atoms with Gasteiger partial charge in [0, 0.05) is 18.7 Å². The number of nitrogens with two attached hydrogens (primary N) is 3. The molecular formula is C32H50N10O10S. The van der Waals surface area contributed by atoms with E-state index in [1.807, 2.05) is 0 Å². The van der Waals surface area contributed by atoms with E-state index in [0.29, 0.717) is 12.0 Å². The minimum atomic E-state index is -1.71. The first-order valence-electron chi connectivity index (χ1n) is 16.6. The summed E-state index contributed by atoms with van der Waals surface area (Å²) in [4.78, 5) is 105. The van der Waals surface area contributed by atoms with Crippen LogP contribution in [0.2, 0.25) is 0 Å². The second kappa shape index (κ2) is 23.2. The molecule has 6 atom stereocenters. The molecule has 0 bridgehead atoms. The van der Waals surface area contributed by atoms with E-state index in [1.165, 1.54) is 20.8 Å². The van der Waals surface area contributed by atoms with Gasteiger partial charge in [-0.25, -0.2) is 4.79 Å². The fourth-order valence-corrected chi connectivity index (χ4v) is 4.91. The van der Waals surface area contributed by atoms with E-state index in [2.05, 4.69) is 49.5 Å². The Morgan fingerprint density at radius 3 is 1.81 bits per heavy atom. The van der Waals surface area contributed by atoms with Crippen LogP contribution in [0.1, 0.15) is 45.6 Å². The van der Waals surface area contributed by atoms with Crippen LogP contribution in [0.25, 0.3) is 0 Å². The van der Waals surface area contributed by atoms with Crippen LogP contribution >= 0.6 is 12.6 Å². The number of aliphatic imine (C=N–C) groups is 1. The van der Waals surface area contributed by atoms with Gasteiger partial charge in [-0.2, -0.15) is 12.6 Å². The number of amides is 6. The summed E-state index contributed by atoms with van der Waals surface area (Å²) in [6.45, 7) is 4.16. The largest absolute Gasteiger partial charge is 0.481 e. The molecule has 294 valence electrons. The fraction of sp³-hybridized carbons (Fsp3) is 0.531. The van der Waals surface area contributed by atoms with Gasteiger partial charge in [-0.1, -0.05) is 44.2 Å². The normalized spacial score (nSPS) is 14.2. The summed E-state index contributed by atoms with van der Waals surface area (Å²) in [5, 5.41) is 33.2. The van der Waals surface area contributed by atoms with E-state index in [0.717, 1.165) is 0 Å². The smallest absolute Gasteiger partial charge is 0.326 e. The Morgan fingerprint density at radius 1 is 0.736 bits per heavy atom. The standard InChI is InChI=1S/C32H50N10O10S/c1-16(2)25(31(51)52)42-29(49)21(13-24(44)45)40-30(50)22(15-53)41-28(48)20(12-18-8-5-4-6-9-18)39-26(46)17(3)37-27(47)19(38-23(43)14-33)10-7-11-36-32(34)35/h4-6,8-9,16-17,19-22,25,53H,7,10-15,33H2,1-3H3,(H,37,47)(H,38,43)(H,39,46)(H,40,50)(H,41,48)(H,42,49)(H,44,45)(H,51,52)(H4,34,35,36)/t17-,19-,20-,21-,22-,25-/m0/s1. The molecule has 0 aliphatic heterocycles. The Balaban J connectivity index is 3.17. The number of nitrogens with one attached hydrogen (secondary N) is 6. The lowest BCUT2D eigenvalue weighted by atomic mass is 10.0. The summed E-state index contributed by atoms with van der Waals surface area (Å²) in [6.07, 6.45) is -0.584. The number of rotatable bonds is 23. The maximum absolute atomic E-state index is 13.6. The van der Waals surface area contributed by atoms with E-state index < -0.39 is 103 Å². The van der Waals surface area contributed by atoms with Crippen molar-refractivity contribution in [3.05, 3.63) is 35.9 Å². The molecule has 0 aromatic heterocycles. The number of aliphatic carboxylic acids is 2. The van der Waals surface area contributed by atoms with Crippen molar-refractivity contribution in [1.29, 1.82) is 0 Å². The molecule has 0 saturated carbocycles. The topological polar surface area (TPSA) is 340 Å². The molecule has 0 radical (unpaired) electrons. The van der Waals surface area contributed by atoms with Crippen LogP contribution in [0.15, 0.2) is 35.3 Å². The van der Waals surface area contributed by atoms with Gasteiger partial charge in [-0.05, 0) is 31.2 Å². The molecule has 0 aliphatic rings. The predicted molar refractivity (Wildman–Crippen MR) is 195 cm³/mol. The van der Waals surface area contributed by atoms with Crippen molar-refractivity contribution in [2.24, 2.45) is 28.1 Å². The molecule has 0 fully saturated rings. The third kappa shape index (κ3) is 17.1.